The standard InChI is InChI=1S/C15H22N4O/c1-11(15-9-18-19-12(15)2)17-8-13(10-20)7-14-5-3-4-6-16-14/h3-6,9,11,13,17,20H,7-8,10H2,1-2H3,(H,18,19). The molecule has 0 amide bonds. The molecule has 2 rings (SSSR count). The Balaban J connectivity index is 1.86. The van der Waals surface area contributed by atoms with Crippen molar-refractivity contribution in [2.45, 2.75) is 26.3 Å². The molecule has 0 aliphatic rings. The van der Waals surface area contributed by atoms with Crippen LogP contribution in [-0.4, -0.2) is 33.4 Å². The number of rotatable bonds is 7. The van der Waals surface area contributed by atoms with Crippen molar-refractivity contribution in [2.24, 2.45) is 5.92 Å². The lowest BCUT2D eigenvalue weighted by Gasteiger charge is -2.19. The molecular formula is C15H22N4O. The second-order valence-corrected chi connectivity index (χ2v) is 5.15. The Kier molecular flexibility index (Phi) is 5.26. The van der Waals surface area contributed by atoms with Gasteiger partial charge >= 0.3 is 0 Å². The summed E-state index contributed by atoms with van der Waals surface area (Å²) in [6.45, 7) is 5.02. The van der Waals surface area contributed by atoms with Gasteiger partial charge < -0.3 is 10.4 Å². The van der Waals surface area contributed by atoms with Crippen molar-refractivity contribution in [2.75, 3.05) is 13.2 Å². The zero-order chi connectivity index (χ0) is 14.4. The van der Waals surface area contributed by atoms with Crippen molar-refractivity contribution in [1.29, 1.82) is 0 Å². The van der Waals surface area contributed by atoms with Gasteiger partial charge in [-0.15, -0.1) is 0 Å². The van der Waals surface area contributed by atoms with Gasteiger partial charge in [0.15, 0.2) is 0 Å². The molecule has 0 aliphatic heterocycles. The van der Waals surface area contributed by atoms with Crippen LogP contribution in [0.1, 0.15) is 29.9 Å². The molecular weight excluding hydrogens is 252 g/mol. The summed E-state index contributed by atoms with van der Waals surface area (Å²) >= 11 is 0. The number of aliphatic hydroxyl groups is 1. The van der Waals surface area contributed by atoms with Crippen LogP contribution in [-0.2, 0) is 6.42 Å². The lowest BCUT2D eigenvalue weighted by molar-refractivity contribution is 0.218. The number of aromatic nitrogens is 3. The van der Waals surface area contributed by atoms with Gasteiger partial charge in [-0.2, -0.15) is 5.10 Å². The molecule has 0 spiro atoms. The van der Waals surface area contributed by atoms with Crippen LogP contribution >= 0.6 is 0 Å². The van der Waals surface area contributed by atoms with E-state index in [1.807, 2.05) is 31.3 Å². The summed E-state index contributed by atoms with van der Waals surface area (Å²) in [6.07, 6.45) is 4.41. The molecule has 5 nitrogen and oxygen atoms in total. The van der Waals surface area contributed by atoms with Gasteiger partial charge in [0, 0.05) is 42.3 Å². The van der Waals surface area contributed by atoms with E-state index >= 15 is 0 Å². The first-order chi connectivity index (χ1) is 9.70. The maximum Gasteiger partial charge on any atom is 0.0537 e. The van der Waals surface area contributed by atoms with Crippen LogP contribution in [0.5, 0.6) is 0 Å². The molecule has 3 N–H and O–H groups in total. The maximum absolute atomic E-state index is 9.50. The van der Waals surface area contributed by atoms with Crippen molar-refractivity contribution in [3.8, 4) is 0 Å². The number of aliphatic hydroxyl groups excluding tert-OH is 1. The van der Waals surface area contributed by atoms with Gasteiger partial charge in [0.05, 0.1) is 6.20 Å². The van der Waals surface area contributed by atoms with Gasteiger partial charge in [0.1, 0.15) is 0 Å². The number of pyridine rings is 1. The summed E-state index contributed by atoms with van der Waals surface area (Å²) in [6, 6.07) is 6.08. The van der Waals surface area contributed by atoms with Gasteiger partial charge in [0.2, 0.25) is 0 Å². The second-order valence-electron chi connectivity index (χ2n) is 5.15. The highest BCUT2D eigenvalue weighted by Crippen LogP contribution is 2.15. The van der Waals surface area contributed by atoms with Crippen LogP contribution in [0.25, 0.3) is 0 Å². The average molecular weight is 274 g/mol. The van der Waals surface area contributed by atoms with E-state index in [0.717, 1.165) is 24.4 Å². The largest absolute Gasteiger partial charge is 0.396 e. The molecule has 5 heteroatoms. The molecule has 0 saturated carbocycles. The normalized spacial score (nSPS) is 14.2. The van der Waals surface area contributed by atoms with Crippen LogP contribution in [0, 0.1) is 12.8 Å². The van der Waals surface area contributed by atoms with E-state index in [1.165, 1.54) is 5.56 Å². The molecule has 2 unspecified atom stereocenters. The molecule has 0 aliphatic carbocycles. The summed E-state index contributed by atoms with van der Waals surface area (Å²) in [5.74, 6) is 0.166. The number of nitrogens with one attached hydrogen (secondary N) is 2. The third-order valence-electron chi connectivity index (χ3n) is 3.53. The van der Waals surface area contributed by atoms with Crippen molar-refractivity contribution in [3.05, 3.63) is 47.5 Å². The molecule has 2 aromatic heterocycles. The number of H-pyrrole nitrogens is 1. The summed E-state index contributed by atoms with van der Waals surface area (Å²) < 4.78 is 0. The first-order valence-electron chi connectivity index (χ1n) is 6.94. The number of nitrogens with zero attached hydrogens (tertiary/aromatic N) is 2. The summed E-state index contributed by atoms with van der Waals surface area (Å²) in [7, 11) is 0. The van der Waals surface area contributed by atoms with E-state index in [4.69, 9.17) is 0 Å². The van der Waals surface area contributed by atoms with E-state index in [9.17, 15) is 5.11 Å². The van der Waals surface area contributed by atoms with Crippen molar-refractivity contribution in [3.63, 3.8) is 0 Å². The predicted molar refractivity (Wildman–Crippen MR) is 78.3 cm³/mol. The van der Waals surface area contributed by atoms with Gasteiger partial charge in [-0.1, -0.05) is 6.07 Å². The molecule has 2 heterocycles. The zero-order valence-corrected chi connectivity index (χ0v) is 12.0. The number of aromatic amines is 1. The quantitative estimate of drug-likeness (QED) is 0.717. The first kappa shape index (κ1) is 14.7. The predicted octanol–water partition coefficient (Wildman–Crippen LogP) is 1.61. The minimum absolute atomic E-state index is 0.153. The highest BCUT2D eigenvalue weighted by molar-refractivity contribution is 5.18. The van der Waals surface area contributed by atoms with Gasteiger partial charge in [-0.05, 0) is 38.3 Å². The third-order valence-corrected chi connectivity index (χ3v) is 3.53. The molecule has 0 fully saturated rings. The summed E-state index contributed by atoms with van der Waals surface area (Å²) in [5, 5.41) is 19.9. The molecule has 0 saturated heterocycles. The maximum atomic E-state index is 9.50. The Morgan fingerprint density at radius 3 is 2.85 bits per heavy atom. The molecule has 0 bridgehead atoms. The third kappa shape index (κ3) is 3.88. The van der Waals surface area contributed by atoms with Crippen LogP contribution in [0.2, 0.25) is 0 Å². The van der Waals surface area contributed by atoms with Gasteiger partial charge in [-0.25, -0.2) is 0 Å². The highest BCUT2D eigenvalue weighted by atomic mass is 16.3. The average Bonchev–Trinajstić information content (AvgIpc) is 2.90. The second kappa shape index (κ2) is 7.17. The Morgan fingerprint density at radius 2 is 2.25 bits per heavy atom. The molecule has 2 atom stereocenters. The molecule has 20 heavy (non-hydrogen) atoms. The van der Waals surface area contributed by atoms with Crippen LogP contribution < -0.4 is 5.32 Å². The minimum atomic E-state index is 0.153. The van der Waals surface area contributed by atoms with Crippen LogP contribution in [0.15, 0.2) is 30.6 Å². The first-order valence-corrected chi connectivity index (χ1v) is 6.94. The molecule has 0 radical (unpaired) electrons. The fraction of sp³-hybridized carbons (Fsp3) is 0.467. The Hall–Kier alpha value is -1.72. The van der Waals surface area contributed by atoms with E-state index in [2.05, 4.69) is 27.4 Å². The van der Waals surface area contributed by atoms with Crippen LogP contribution in [0.4, 0.5) is 0 Å². The number of hydrogen-bond donors (Lipinski definition) is 3. The van der Waals surface area contributed by atoms with Crippen molar-refractivity contribution in [1.82, 2.24) is 20.5 Å². The van der Waals surface area contributed by atoms with Gasteiger partial charge in [-0.3, -0.25) is 10.1 Å². The van der Waals surface area contributed by atoms with Crippen molar-refractivity contribution < 1.29 is 5.11 Å². The zero-order valence-electron chi connectivity index (χ0n) is 12.0. The summed E-state index contributed by atoms with van der Waals surface area (Å²) in [5.41, 5.74) is 3.26. The van der Waals surface area contributed by atoms with Crippen LogP contribution in [0.3, 0.4) is 0 Å². The molecule has 108 valence electrons. The summed E-state index contributed by atoms with van der Waals surface area (Å²) in [4.78, 5) is 4.30. The smallest absolute Gasteiger partial charge is 0.0537 e. The highest BCUT2D eigenvalue weighted by Gasteiger charge is 2.14. The van der Waals surface area contributed by atoms with E-state index in [-0.39, 0.29) is 18.6 Å². The van der Waals surface area contributed by atoms with E-state index in [0.29, 0.717) is 0 Å². The fourth-order valence-corrected chi connectivity index (χ4v) is 2.27. The molecule has 2 aromatic rings. The Bertz CT molecular complexity index is 512. The van der Waals surface area contributed by atoms with E-state index < -0.39 is 0 Å². The fourth-order valence-electron chi connectivity index (χ4n) is 2.27. The lowest BCUT2D eigenvalue weighted by Crippen LogP contribution is -2.29. The van der Waals surface area contributed by atoms with Gasteiger partial charge in [0.25, 0.3) is 0 Å². The lowest BCUT2D eigenvalue weighted by atomic mass is 10.0. The minimum Gasteiger partial charge on any atom is -0.396 e. The Labute approximate surface area is 119 Å². The molecule has 0 aromatic carbocycles. The SMILES string of the molecule is Cc1[nH]ncc1C(C)NCC(CO)Cc1ccccn1. The number of aryl methyl sites for hydroxylation is 1. The topological polar surface area (TPSA) is 73.8 Å². The Morgan fingerprint density at radius 1 is 1.40 bits per heavy atom. The van der Waals surface area contributed by atoms with Crippen molar-refractivity contribution >= 4 is 0 Å². The monoisotopic (exact) mass is 274 g/mol. The van der Waals surface area contributed by atoms with E-state index in [1.54, 1.807) is 6.20 Å². The number of hydrogen-bond acceptors (Lipinski definition) is 4.